The van der Waals surface area contributed by atoms with Crippen molar-refractivity contribution in [2.24, 2.45) is 0 Å². The van der Waals surface area contributed by atoms with Crippen molar-refractivity contribution in [2.75, 3.05) is 5.75 Å². The summed E-state index contributed by atoms with van der Waals surface area (Å²) < 4.78 is 0.798. The lowest BCUT2D eigenvalue weighted by Crippen LogP contribution is -1.98. The highest BCUT2D eigenvalue weighted by Crippen LogP contribution is 2.39. The van der Waals surface area contributed by atoms with Crippen LogP contribution in [0.2, 0.25) is 0 Å². The molecule has 13 heavy (non-hydrogen) atoms. The van der Waals surface area contributed by atoms with Gasteiger partial charge in [-0.25, -0.2) is 4.79 Å². The SMILES string of the molecule is O=C(O)c1sc2c(c1Br)CSCC2. The van der Waals surface area contributed by atoms with Crippen LogP contribution in [-0.2, 0) is 12.2 Å². The van der Waals surface area contributed by atoms with Gasteiger partial charge in [-0.05, 0) is 33.7 Å². The quantitative estimate of drug-likeness (QED) is 0.858. The summed E-state index contributed by atoms with van der Waals surface area (Å²) in [4.78, 5) is 12.5. The zero-order valence-corrected chi connectivity index (χ0v) is 9.89. The summed E-state index contributed by atoms with van der Waals surface area (Å²) in [5.74, 6) is 1.23. The van der Waals surface area contributed by atoms with Gasteiger partial charge in [-0.3, -0.25) is 0 Å². The van der Waals surface area contributed by atoms with Gasteiger partial charge in [0.1, 0.15) is 4.88 Å². The molecule has 0 bridgehead atoms. The van der Waals surface area contributed by atoms with E-state index in [1.807, 2.05) is 11.8 Å². The van der Waals surface area contributed by atoms with Crippen molar-refractivity contribution in [3.05, 3.63) is 19.8 Å². The van der Waals surface area contributed by atoms with Crippen molar-refractivity contribution in [1.29, 1.82) is 0 Å². The Hall–Kier alpha value is -0.000000000000000111. The molecule has 0 amide bonds. The highest BCUT2D eigenvalue weighted by Gasteiger charge is 2.22. The Morgan fingerprint density at radius 2 is 2.31 bits per heavy atom. The molecule has 2 heterocycles. The molecule has 0 atom stereocenters. The lowest BCUT2D eigenvalue weighted by atomic mass is 10.2. The maximum absolute atomic E-state index is 10.8. The van der Waals surface area contributed by atoms with Gasteiger partial charge >= 0.3 is 5.97 Å². The molecule has 0 saturated heterocycles. The predicted molar refractivity (Wildman–Crippen MR) is 58.8 cm³/mol. The molecule has 0 unspecified atom stereocenters. The fraction of sp³-hybridized carbons (Fsp3) is 0.375. The van der Waals surface area contributed by atoms with E-state index < -0.39 is 5.97 Å². The molecule has 1 aromatic rings. The van der Waals surface area contributed by atoms with Gasteiger partial charge in [0.15, 0.2) is 0 Å². The Kier molecular flexibility index (Phi) is 2.67. The van der Waals surface area contributed by atoms with Crippen LogP contribution >= 0.6 is 39.0 Å². The Labute approximate surface area is 92.5 Å². The number of hydrogen-bond donors (Lipinski definition) is 1. The normalized spacial score (nSPS) is 15.5. The van der Waals surface area contributed by atoms with E-state index in [2.05, 4.69) is 15.9 Å². The molecule has 0 aliphatic carbocycles. The zero-order valence-electron chi connectivity index (χ0n) is 6.67. The van der Waals surface area contributed by atoms with Crippen molar-refractivity contribution in [3.63, 3.8) is 0 Å². The summed E-state index contributed by atoms with van der Waals surface area (Å²) in [6.07, 6.45) is 1.01. The van der Waals surface area contributed by atoms with Gasteiger partial charge in [-0.1, -0.05) is 0 Å². The van der Waals surface area contributed by atoms with Crippen LogP contribution in [0.15, 0.2) is 4.47 Å². The number of carbonyl (C=O) groups is 1. The molecule has 1 aliphatic rings. The van der Waals surface area contributed by atoms with Crippen LogP contribution in [0.5, 0.6) is 0 Å². The van der Waals surface area contributed by atoms with Gasteiger partial charge in [-0.15, -0.1) is 11.3 Å². The average molecular weight is 279 g/mol. The van der Waals surface area contributed by atoms with E-state index in [-0.39, 0.29) is 0 Å². The number of carboxylic acid groups (broad SMARTS) is 1. The predicted octanol–water partition coefficient (Wildman–Crippen LogP) is 3.00. The number of carboxylic acids is 1. The van der Waals surface area contributed by atoms with Gasteiger partial charge in [0.25, 0.3) is 0 Å². The van der Waals surface area contributed by atoms with Crippen molar-refractivity contribution in [3.8, 4) is 0 Å². The van der Waals surface area contributed by atoms with Crippen molar-refractivity contribution >= 4 is 45.0 Å². The Balaban J connectivity index is 2.50. The van der Waals surface area contributed by atoms with E-state index >= 15 is 0 Å². The molecule has 0 saturated carbocycles. The first-order chi connectivity index (χ1) is 6.20. The van der Waals surface area contributed by atoms with E-state index in [0.717, 1.165) is 22.4 Å². The molecule has 2 rings (SSSR count). The number of rotatable bonds is 1. The molecule has 0 aromatic carbocycles. The number of hydrogen-bond acceptors (Lipinski definition) is 3. The molecule has 0 fully saturated rings. The van der Waals surface area contributed by atoms with Gasteiger partial charge in [0.2, 0.25) is 0 Å². The number of fused-ring (bicyclic) bond motifs is 1. The highest BCUT2D eigenvalue weighted by molar-refractivity contribution is 9.10. The van der Waals surface area contributed by atoms with Crippen LogP contribution in [-0.4, -0.2) is 16.8 Å². The smallest absolute Gasteiger partial charge is 0.347 e. The van der Waals surface area contributed by atoms with Gasteiger partial charge in [0.05, 0.1) is 0 Å². The molecule has 0 radical (unpaired) electrons. The van der Waals surface area contributed by atoms with E-state index in [0.29, 0.717) is 4.88 Å². The van der Waals surface area contributed by atoms with E-state index in [1.54, 1.807) is 0 Å². The molecule has 1 aromatic heterocycles. The summed E-state index contributed by atoms with van der Waals surface area (Å²) in [5.41, 5.74) is 1.19. The van der Waals surface area contributed by atoms with Gasteiger partial charge < -0.3 is 5.11 Å². The van der Waals surface area contributed by atoms with Crippen molar-refractivity contribution < 1.29 is 9.90 Å². The first-order valence-corrected chi connectivity index (χ1v) is 6.57. The van der Waals surface area contributed by atoms with E-state index in [4.69, 9.17) is 5.11 Å². The maximum atomic E-state index is 10.8. The number of thioether (sulfide) groups is 1. The molecular weight excluding hydrogens is 272 g/mol. The summed E-state index contributed by atoms with van der Waals surface area (Å²) in [5, 5.41) is 8.89. The van der Waals surface area contributed by atoms with Crippen LogP contribution in [0.3, 0.4) is 0 Å². The number of thiophene rings is 1. The minimum Gasteiger partial charge on any atom is -0.477 e. The minimum atomic E-state index is -0.823. The Morgan fingerprint density at radius 1 is 1.54 bits per heavy atom. The molecule has 70 valence electrons. The van der Waals surface area contributed by atoms with Gasteiger partial charge in [0, 0.05) is 15.1 Å². The minimum absolute atomic E-state index is 0.451. The lowest BCUT2D eigenvalue weighted by molar-refractivity contribution is 0.0701. The molecule has 1 aliphatic heterocycles. The first kappa shape index (κ1) is 9.55. The van der Waals surface area contributed by atoms with Crippen LogP contribution in [0.25, 0.3) is 0 Å². The Bertz CT molecular complexity index is 359. The highest BCUT2D eigenvalue weighted by atomic mass is 79.9. The van der Waals surface area contributed by atoms with Crippen LogP contribution in [0.1, 0.15) is 20.1 Å². The van der Waals surface area contributed by atoms with Crippen molar-refractivity contribution in [1.82, 2.24) is 0 Å². The van der Waals surface area contributed by atoms with Crippen molar-refractivity contribution in [2.45, 2.75) is 12.2 Å². The third-order valence-electron chi connectivity index (χ3n) is 1.94. The maximum Gasteiger partial charge on any atom is 0.347 e. The molecule has 2 nitrogen and oxygen atoms in total. The number of aromatic carboxylic acids is 1. The monoisotopic (exact) mass is 278 g/mol. The number of aryl methyl sites for hydroxylation is 1. The third-order valence-corrected chi connectivity index (χ3v) is 5.34. The third kappa shape index (κ3) is 1.65. The zero-order chi connectivity index (χ0) is 9.42. The summed E-state index contributed by atoms with van der Waals surface area (Å²) in [7, 11) is 0. The molecule has 1 N–H and O–H groups in total. The summed E-state index contributed by atoms with van der Waals surface area (Å²) >= 11 is 6.62. The summed E-state index contributed by atoms with van der Waals surface area (Å²) in [6.45, 7) is 0. The topological polar surface area (TPSA) is 37.3 Å². The van der Waals surface area contributed by atoms with Gasteiger partial charge in [-0.2, -0.15) is 11.8 Å². The molecule has 5 heteroatoms. The van der Waals surface area contributed by atoms with Crippen LogP contribution in [0.4, 0.5) is 0 Å². The van der Waals surface area contributed by atoms with E-state index in [1.165, 1.54) is 21.8 Å². The summed E-state index contributed by atoms with van der Waals surface area (Å²) in [6, 6.07) is 0. The second-order valence-electron chi connectivity index (χ2n) is 2.75. The van der Waals surface area contributed by atoms with E-state index in [9.17, 15) is 4.79 Å². The lowest BCUT2D eigenvalue weighted by Gasteiger charge is -2.09. The standard InChI is InChI=1S/C8H7BrO2S2/c9-6-4-3-12-2-1-5(4)13-7(6)8(10)11/h1-3H2,(H,10,11). The first-order valence-electron chi connectivity index (χ1n) is 3.81. The fourth-order valence-electron chi connectivity index (χ4n) is 1.31. The second kappa shape index (κ2) is 3.63. The fourth-order valence-corrected chi connectivity index (χ4v) is 4.70. The van der Waals surface area contributed by atoms with Crippen LogP contribution < -0.4 is 0 Å². The molecular formula is C8H7BrO2S2. The second-order valence-corrected chi connectivity index (χ2v) is 5.76. The molecule has 0 spiro atoms. The largest absolute Gasteiger partial charge is 0.477 e. The van der Waals surface area contributed by atoms with Crippen LogP contribution in [0, 0.1) is 0 Å². The number of halogens is 1. The Morgan fingerprint density at radius 3 is 2.92 bits per heavy atom. The average Bonchev–Trinajstić information content (AvgIpc) is 2.45.